The lowest BCUT2D eigenvalue weighted by molar-refractivity contribution is -0.387. The topological polar surface area (TPSA) is 121 Å². The minimum absolute atomic E-state index is 0.0473. The Morgan fingerprint density at radius 2 is 2.04 bits per heavy atom. The number of nitro groups is 1. The SMILES string of the molecule is CCC1CN(C(=O)O)CCCN1S(=O)(=O)c1ccccc1[N+](=O)[O-]. The fourth-order valence-corrected chi connectivity index (χ4v) is 4.70. The van der Waals surface area contributed by atoms with E-state index in [1.807, 2.05) is 0 Å². The van der Waals surface area contributed by atoms with Crippen molar-refractivity contribution in [2.75, 3.05) is 19.6 Å². The first kappa shape index (κ1) is 18.1. The van der Waals surface area contributed by atoms with Crippen LogP contribution in [0.2, 0.25) is 0 Å². The maximum absolute atomic E-state index is 13.0. The van der Waals surface area contributed by atoms with E-state index in [-0.39, 0.29) is 24.5 Å². The van der Waals surface area contributed by atoms with Gasteiger partial charge >= 0.3 is 6.09 Å². The first-order valence-corrected chi connectivity index (χ1v) is 8.96. The molecular formula is C14H19N3O6S. The molecule has 1 saturated heterocycles. The van der Waals surface area contributed by atoms with Crippen molar-refractivity contribution in [3.05, 3.63) is 34.4 Å². The predicted molar refractivity (Wildman–Crippen MR) is 85.3 cm³/mol. The van der Waals surface area contributed by atoms with Gasteiger partial charge in [-0.3, -0.25) is 10.1 Å². The van der Waals surface area contributed by atoms with Gasteiger partial charge < -0.3 is 10.0 Å². The zero-order valence-electron chi connectivity index (χ0n) is 13.2. The second-order valence-electron chi connectivity index (χ2n) is 5.48. The van der Waals surface area contributed by atoms with Crippen LogP contribution in [0.5, 0.6) is 0 Å². The fourth-order valence-electron chi connectivity index (χ4n) is 2.81. The molecule has 1 aromatic carbocycles. The largest absolute Gasteiger partial charge is 0.465 e. The second kappa shape index (κ2) is 7.14. The number of rotatable bonds is 4. The van der Waals surface area contributed by atoms with Crippen molar-refractivity contribution in [2.45, 2.75) is 30.7 Å². The average Bonchev–Trinajstić information content (AvgIpc) is 2.77. The first-order chi connectivity index (χ1) is 11.3. The number of benzene rings is 1. The maximum atomic E-state index is 13.0. The third-order valence-corrected chi connectivity index (χ3v) is 6.03. The molecule has 2 rings (SSSR count). The van der Waals surface area contributed by atoms with Crippen LogP contribution in [0.3, 0.4) is 0 Å². The number of hydrogen-bond acceptors (Lipinski definition) is 5. The molecular weight excluding hydrogens is 338 g/mol. The Balaban J connectivity index is 2.44. The molecule has 0 aromatic heterocycles. The van der Waals surface area contributed by atoms with Gasteiger partial charge in [-0.15, -0.1) is 0 Å². The van der Waals surface area contributed by atoms with Crippen molar-refractivity contribution in [1.82, 2.24) is 9.21 Å². The van der Waals surface area contributed by atoms with Crippen LogP contribution in [0.15, 0.2) is 29.2 Å². The van der Waals surface area contributed by atoms with Crippen LogP contribution in [-0.2, 0) is 10.0 Å². The number of carbonyl (C=O) groups is 1. The zero-order chi connectivity index (χ0) is 17.9. The molecule has 9 nitrogen and oxygen atoms in total. The van der Waals surface area contributed by atoms with E-state index < -0.39 is 32.8 Å². The van der Waals surface area contributed by atoms with Gasteiger partial charge in [0.05, 0.1) is 4.92 Å². The van der Waals surface area contributed by atoms with E-state index >= 15 is 0 Å². The highest BCUT2D eigenvalue weighted by atomic mass is 32.2. The van der Waals surface area contributed by atoms with E-state index in [0.717, 1.165) is 6.07 Å². The molecule has 1 aliphatic heterocycles. The van der Waals surface area contributed by atoms with Crippen molar-refractivity contribution < 1.29 is 23.2 Å². The van der Waals surface area contributed by atoms with Gasteiger partial charge in [0.15, 0.2) is 4.90 Å². The highest BCUT2D eigenvalue weighted by molar-refractivity contribution is 7.89. The highest BCUT2D eigenvalue weighted by Gasteiger charge is 2.37. The minimum atomic E-state index is -4.10. The molecule has 0 bridgehead atoms. The Bertz CT molecular complexity index is 736. The summed E-state index contributed by atoms with van der Waals surface area (Å²) in [6, 6.07) is 4.63. The molecule has 1 unspecified atom stereocenters. The van der Waals surface area contributed by atoms with Gasteiger partial charge in [0, 0.05) is 31.7 Å². The summed E-state index contributed by atoms with van der Waals surface area (Å²) in [6.07, 6.45) is -0.356. The minimum Gasteiger partial charge on any atom is -0.465 e. The molecule has 1 aromatic rings. The lowest BCUT2D eigenvalue weighted by Gasteiger charge is -2.29. The van der Waals surface area contributed by atoms with Crippen molar-refractivity contribution in [3.8, 4) is 0 Å². The number of nitro benzene ring substituents is 1. The van der Waals surface area contributed by atoms with Crippen LogP contribution in [0.25, 0.3) is 0 Å². The summed E-state index contributed by atoms with van der Waals surface area (Å²) in [4.78, 5) is 22.4. The molecule has 1 atom stereocenters. The summed E-state index contributed by atoms with van der Waals surface area (Å²) >= 11 is 0. The summed E-state index contributed by atoms with van der Waals surface area (Å²) in [6.45, 7) is 2.16. The third kappa shape index (κ3) is 3.49. The number of carboxylic acid groups (broad SMARTS) is 1. The quantitative estimate of drug-likeness (QED) is 0.647. The van der Waals surface area contributed by atoms with E-state index in [9.17, 15) is 23.3 Å². The summed E-state index contributed by atoms with van der Waals surface area (Å²) in [5.74, 6) is 0. The number of amides is 1. The maximum Gasteiger partial charge on any atom is 0.407 e. The highest BCUT2D eigenvalue weighted by Crippen LogP contribution is 2.29. The van der Waals surface area contributed by atoms with Crippen LogP contribution >= 0.6 is 0 Å². The van der Waals surface area contributed by atoms with Crippen LogP contribution in [0.1, 0.15) is 19.8 Å². The van der Waals surface area contributed by atoms with Gasteiger partial charge in [-0.2, -0.15) is 4.31 Å². The molecule has 0 aliphatic carbocycles. The van der Waals surface area contributed by atoms with Gasteiger partial charge in [-0.05, 0) is 18.9 Å². The number of nitrogens with zero attached hydrogens (tertiary/aromatic N) is 3. The van der Waals surface area contributed by atoms with E-state index in [2.05, 4.69) is 0 Å². The molecule has 132 valence electrons. The zero-order valence-corrected chi connectivity index (χ0v) is 14.0. The van der Waals surface area contributed by atoms with Crippen molar-refractivity contribution in [3.63, 3.8) is 0 Å². The first-order valence-electron chi connectivity index (χ1n) is 7.52. The number of sulfonamides is 1. The third-order valence-electron chi connectivity index (χ3n) is 4.04. The molecule has 1 heterocycles. The Hall–Kier alpha value is -2.20. The second-order valence-corrected chi connectivity index (χ2v) is 7.34. The van der Waals surface area contributed by atoms with E-state index in [1.54, 1.807) is 6.92 Å². The molecule has 1 amide bonds. The molecule has 0 spiro atoms. The van der Waals surface area contributed by atoms with Gasteiger partial charge in [0.25, 0.3) is 5.69 Å². The smallest absolute Gasteiger partial charge is 0.407 e. The van der Waals surface area contributed by atoms with Gasteiger partial charge in [0.2, 0.25) is 10.0 Å². The van der Waals surface area contributed by atoms with Crippen LogP contribution in [-0.4, -0.2) is 59.4 Å². The van der Waals surface area contributed by atoms with Gasteiger partial charge in [-0.25, -0.2) is 13.2 Å². The summed E-state index contributed by atoms with van der Waals surface area (Å²) in [5.41, 5.74) is -0.480. The molecule has 0 saturated carbocycles. The molecule has 1 N–H and O–H groups in total. The summed E-state index contributed by atoms with van der Waals surface area (Å²) in [5, 5.41) is 20.3. The van der Waals surface area contributed by atoms with Gasteiger partial charge in [0.1, 0.15) is 0 Å². The lowest BCUT2D eigenvalue weighted by Crippen LogP contribution is -2.45. The van der Waals surface area contributed by atoms with Crippen LogP contribution < -0.4 is 0 Å². The van der Waals surface area contributed by atoms with E-state index in [0.29, 0.717) is 12.8 Å². The Morgan fingerprint density at radius 1 is 1.38 bits per heavy atom. The number of hydrogen-bond donors (Lipinski definition) is 1. The van der Waals surface area contributed by atoms with Crippen molar-refractivity contribution in [2.24, 2.45) is 0 Å². The predicted octanol–water partition coefficient (Wildman–Crippen LogP) is 1.75. The fraction of sp³-hybridized carbons (Fsp3) is 0.500. The van der Waals surface area contributed by atoms with Crippen molar-refractivity contribution >= 4 is 21.8 Å². The van der Waals surface area contributed by atoms with Crippen LogP contribution in [0.4, 0.5) is 10.5 Å². The number of para-hydroxylation sites is 1. The molecule has 24 heavy (non-hydrogen) atoms. The Morgan fingerprint density at radius 3 is 2.62 bits per heavy atom. The van der Waals surface area contributed by atoms with Crippen LogP contribution in [0, 0.1) is 10.1 Å². The Labute approximate surface area is 139 Å². The molecule has 10 heteroatoms. The molecule has 0 radical (unpaired) electrons. The normalized spacial score (nSPS) is 19.7. The van der Waals surface area contributed by atoms with E-state index in [4.69, 9.17) is 5.11 Å². The summed E-state index contributed by atoms with van der Waals surface area (Å²) in [7, 11) is -4.10. The average molecular weight is 357 g/mol. The summed E-state index contributed by atoms with van der Waals surface area (Å²) < 4.78 is 27.1. The molecule has 1 aliphatic rings. The monoisotopic (exact) mass is 357 g/mol. The molecule has 1 fully saturated rings. The standard InChI is InChI=1S/C14H19N3O6S/c1-2-11-10-15(14(18)19)8-5-9-16(11)24(22,23)13-7-4-3-6-12(13)17(20)21/h3-4,6-7,11H,2,5,8-10H2,1H3,(H,18,19). The van der Waals surface area contributed by atoms with Gasteiger partial charge in [-0.1, -0.05) is 19.1 Å². The van der Waals surface area contributed by atoms with Crippen molar-refractivity contribution in [1.29, 1.82) is 0 Å². The Kier molecular flexibility index (Phi) is 5.40. The van der Waals surface area contributed by atoms with E-state index in [1.165, 1.54) is 27.4 Å². The lowest BCUT2D eigenvalue weighted by atomic mass is 10.2.